The predicted molar refractivity (Wildman–Crippen MR) is 110 cm³/mol. The van der Waals surface area contributed by atoms with Gasteiger partial charge in [0.25, 0.3) is 5.91 Å². The van der Waals surface area contributed by atoms with Crippen molar-refractivity contribution < 1.29 is 13.2 Å². The van der Waals surface area contributed by atoms with E-state index in [1.54, 1.807) is 19.1 Å². The predicted octanol–water partition coefficient (Wildman–Crippen LogP) is 4.05. The van der Waals surface area contributed by atoms with Crippen LogP contribution in [0.3, 0.4) is 0 Å². The molecular weight excluding hydrogens is 382 g/mol. The van der Waals surface area contributed by atoms with Crippen LogP contribution in [0, 0.1) is 13.8 Å². The van der Waals surface area contributed by atoms with Crippen molar-refractivity contribution in [1.82, 2.24) is 4.98 Å². The van der Waals surface area contributed by atoms with Crippen molar-refractivity contribution >= 4 is 38.1 Å². The Hall–Kier alpha value is -2.71. The van der Waals surface area contributed by atoms with Crippen molar-refractivity contribution in [1.29, 1.82) is 0 Å². The maximum atomic E-state index is 12.6. The van der Waals surface area contributed by atoms with Crippen molar-refractivity contribution in [2.24, 2.45) is 0 Å². The quantitative estimate of drug-likeness (QED) is 0.675. The number of sulfonamides is 1. The number of nitrogens with one attached hydrogen (secondary N) is 2. The molecule has 1 heterocycles. The first-order valence-electron chi connectivity index (χ1n) is 8.15. The second-order valence-corrected chi connectivity index (χ2v) is 8.91. The lowest BCUT2D eigenvalue weighted by atomic mass is 10.1. The number of nitrogens with zero attached hydrogens (tertiary/aromatic N) is 1. The van der Waals surface area contributed by atoms with Crippen LogP contribution < -0.4 is 10.0 Å². The smallest absolute Gasteiger partial charge is 0.257 e. The van der Waals surface area contributed by atoms with Gasteiger partial charge in [-0.15, -0.1) is 0 Å². The van der Waals surface area contributed by atoms with Crippen LogP contribution in [0.5, 0.6) is 0 Å². The Morgan fingerprint density at radius 3 is 2.44 bits per heavy atom. The van der Waals surface area contributed by atoms with Crippen LogP contribution in [-0.4, -0.2) is 25.6 Å². The highest BCUT2D eigenvalue weighted by Gasteiger charge is 2.15. The third-order valence-electron chi connectivity index (χ3n) is 3.85. The van der Waals surface area contributed by atoms with Crippen LogP contribution in [0.4, 0.5) is 10.8 Å². The summed E-state index contributed by atoms with van der Waals surface area (Å²) in [6.45, 7) is 3.67. The van der Waals surface area contributed by atoms with Gasteiger partial charge in [-0.2, -0.15) is 0 Å². The van der Waals surface area contributed by atoms with E-state index < -0.39 is 10.0 Å². The van der Waals surface area contributed by atoms with E-state index >= 15 is 0 Å². The highest BCUT2D eigenvalue weighted by molar-refractivity contribution is 7.92. The molecule has 0 radical (unpaired) electrons. The molecule has 0 fully saturated rings. The minimum absolute atomic E-state index is 0.347. The molecule has 0 spiro atoms. The normalized spacial score (nSPS) is 11.2. The summed E-state index contributed by atoms with van der Waals surface area (Å²) in [6.07, 6.45) is 1.07. The molecule has 0 aliphatic rings. The molecule has 0 bridgehead atoms. The first-order valence-corrected chi connectivity index (χ1v) is 10.9. The molecule has 2 N–H and O–H groups in total. The monoisotopic (exact) mass is 401 g/mol. The van der Waals surface area contributed by atoms with E-state index in [4.69, 9.17) is 0 Å². The molecule has 6 nitrogen and oxygen atoms in total. The molecule has 3 aromatic rings. The van der Waals surface area contributed by atoms with Crippen molar-refractivity contribution in [2.75, 3.05) is 16.3 Å². The maximum Gasteiger partial charge on any atom is 0.257 e. The van der Waals surface area contributed by atoms with Gasteiger partial charge in [-0.25, -0.2) is 13.4 Å². The van der Waals surface area contributed by atoms with Crippen LogP contribution in [0.25, 0.3) is 10.4 Å². The molecule has 1 amide bonds. The fourth-order valence-corrected chi connectivity index (χ4v) is 4.14. The van der Waals surface area contributed by atoms with Crippen molar-refractivity contribution in [2.45, 2.75) is 13.8 Å². The van der Waals surface area contributed by atoms with Crippen LogP contribution in [-0.2, 0) is 10.0 Å². The van der Waals surface area contributed by atoms with Gasteiger partial charge in [0.1, 0.15) is 0 Å². The van der Waals surface area contributed by atoms with Gasteiger partial charge in [0.15, 0.2) is 5.13 Å². The number of aryl methyl sites for hydroxylation is 2. The summed E-state index contributed by atoms with van der Waals surface area (Å²) >= 11 is 1.40. The zero-order chi connectivity index (χ0) is 19.6. The summed E-state index contributed by atoms with van der Waals surface area (Å²) < 4.78 is 25.4. The zero-order valence-electron chi connectivity index (χ0n) is 15.1. The van der Waals surface area contributed by atoms with Crippen molar-refractivity contribution in [3.05, 3.63) is 65.4 Å². The molecule has 0 saturated heterocycles. The van der Waals surface area contributed by atoms with Gasteiger partial charge in [0.2, 0.25) is 10.0 Å². The largest absolute Gasteiger partial charge is 0.298 e. The second kappa shape index (κ2) is 7.50. The van der Waals surface area contributed by atoms with Gasteiger partial charge >= 0.3 is 0 Å². The van der Waals surface area contributed by atoms with Crippen molar-refractivity contribution in [3.8, 4) is 10.4 Å². The molecule has 1 aromatic heterocycles. The number of thiazole rings is 1. The molecular formula is C19H19N3O3S2. The van der Waals surface area contributed by atoms with E-state index in [9.17, 15) is 13.2 Å². The van der Waals surface area contributed by atoms with E-state index in [1.165, 1.54) is 17.4 Å². The number of anilines is 2. The molecule has 27 heavy (non-hydrogen) atoms. The molecule has 0 unspecified atom stereocenters. The van der Waals surface area contributed by atoms with Gasteiger partial charge in [-0.3, -0.25) is 14.8 Å². The van der Waals surface area contributed by atoms with Crippen LogP contribution in [0.1, 0.15) is 21.6 Å². The number of rotatable bonds is 5. The van der Waals surface area contributed by atoms with E-state index in [0.29, 0.717) is 16.4 Å². The lowest BCUT2D eigenvalue weighted by Gasteiger charge is -2.09. The van der Waals surface area contributed by atoms with Gasteiger partial charge in [0, 0.05) is 5.56 Å². The summed E-state index contributed by atoms with van der Waals surface area (Å²) in [5, 5.41) is 3.28. The lowest BCUT2D eigenvalue weighted by molar-refractivity contribution is 0.102. The van der Waals surface area contributed by atoms with Crippen LogP contribution >= 0.6 is 11.3 Å². The fourth-order valence-electron chi connectivity index (χ4n) is 2.55. The first kappa shape index (κ1) is 19.1. The third kappa shape index (κ3) is 4.72. The number of hydrogen-bond acceptors (Lipinski definition) is 5. The second-order valence-electron chi connectivity index (χ2n) is 6.16. The van der Waals surface area contributed by atoms with E-state index in [-0.39, 0.29) is 5.91 Å². The number of carbonyl (C=O) groups is 1. The SMILES string of the molecule is Cc1ccc(C(=O)Nc2nc(C)c(-c3ccccc3)s2)cc1NS(C)(=O)=O. The van der Waals surface area contributed by atoms with Crippen LogP contribution in [0.15, 0.2) is 48.5 Å². The minimum atomic E-state index is -3.43. The first-order chi connectivity index (χ1) is 12.7. The average molecular weight is 402 g/mol. The minimum Gasteiger partial charge on any atom is -0.298 e. The molecule has 8 heteroatoms. The Kier molecular flexibility index (Phi) is 5.29. The zero-order valence-corrected chi connectivity index (χ0v) is 16.7. The highest BCUT2D eigenvalue weighted by atomic mass is 32.2. The topological polar surface area (TPSA) is 88.2 Å². The molecule has 0 atom stereocenters. The van der Waals surface area contributed by atoms with Gasteiger partial charge in [-0.1, -0.05) is 47.7 Å². The Morgan fingerprint density at radius 2 is 1.78 bits per heavy atom. The molecule has 3 rings (SSSR count). The summed E-state index contributed by atoms with van der Waals surface area (Å²) in [7, 11) is -3.43. The Labute approximate surface area is 162 Å². The summed E-state index contributed by atoms with van der Waals surface area (Å²) in [5.74, 6) is -0.347. The highest BCUT2D eigenvalue weighted by Crippen LogP contribution is 2.32. The molecule has 2 aromatic carbocycles. The number of benzene rings is 2. The molecule has 0 aliphatic heterocycles. The van der Waals surface area contributed by atoms with Gasteiger partial charge in [-0.05, 0) is 37.1 Å². The maximum absolute atomic E-state index is 12.6. The van der Waals surface area contributed by atoms with E-state index in [1.807, 2.05) is 37.3 Å². The number of carbonyl (C=O) groups excluding carboxylic acids is 1. The summed E-state index contributed by atoms with van der Waals surface area (Å²) in [6, 6.07) is 14.7. The number of hydrogen-bond donors (Lipinski definition) is 2. The Bertz CT molecular complexity index is 1090. The summed E-state index contributed by atoms with van der Waals surface area (Å²) in [4.78, 5) is 18.0. The Balaban J connectivity index is 1.83. The lowest BCUT2D eigenvalue weighted by Crippen LogP contribution is -2.14. The van der Waals surface area contributed by atoms with E-state index in [2.05, 4.69) is 15.0 Å². The Morgan fingerprint density at radius 1 is 1.07 bits per heavy atom. The van der Waals surface area contributed by atoms with Gasteiger partial charge < -0.3 is 0 Å². The number of amides is 1. The van der Waals surface area contributed by atoms with Crippen molar-refractivity contribution in [3.63, 3.8) is 0 Å². The standard InChI is InChI=1S/C19H19N3O3S2/c1-12-9-10-15(11-16(12)22-27(3,24)25)18(23)21-19-20-13(2)17(26-19)14-7-5-4-6-8-14/h4-11,22H,1-3H3,(H,20,21,23). The number of aromatic nitrogens is 1. The average Bonchev–Trinajstić information content (AvgIpc) is 2.96. The summed E-state index contributed by atoms with van der Waals surface area (Å²) in [5.41, 5.74) is 3.34. The van der Waals surface area contributed by atoms with Crippen LogP contribution in [0.2, 0.25) is 0 Å². The van der Waals surface area contributed by atoms with E-state index in [0.717, 1.165) is 28.0 Å². The molecule has 140 valence electrons. The third-order valence-corrected chi connectivity index (χ3v) is 5.56. The fraction of sp³-hybridized carbons (Fsp3) is 0.158. The van der Waals surface area contributed by atoms with Gasteiger partial charge in [0.05, 0.1) is 22.5 Å². The molecule has 0 aliphatic carbocycles. The molecule has 0 saturated carbocycles.